The first-order valence-corrected chi connectivity index (χ1v) is 7.00. The molecule has 23 heavy (non-hydrogen) atoms. The van der Waals surface area contributed by atoms with Gasteiger partial charge in [0.15, 0.2) is 0 Å². The predicted octanol–water partition coefficient (Wildman–Crippen LogP) is 1.08. The van der Waals surface area contributed by atoms with Crippen molar-refractivity contribution in [3.63, 3.8) is 0 Å². The number of anilines is 2. The number of nitrogens with one attached hydrogen (secondary N) is 3. The Morgan fingerprint density at radius 1 is 1.43 bits per heavy atom. The Balaban J connectivity index is 1.99. The van der Waals surface area contributed by atoms with Gasteiger partial charge in [0.05, 0.1) is 23.4 Å². The van der Waals surface area contributed by atoms with Gasteiger partial charge in [0.1, 0.15) is 11.4 Å². The summed E-state index contributed by atoms with van der Waals surface area (Å²) in [5, 5.41) is 14.0. The second kappa shape index (κ2) is 6.70. The Bertz CT molecular complexity index is 767. The predicted molar refractivity (Wildman–Crippen MR) is 85.7 cm³/mol. The van der Waals surface area contributed by atoms with Crippen LogP contribution in [-0.4, -0.2) is 27.9 Å². The summed E-state index contributed by atoms with van der Waals surface area (Å²) in [7, 11) is 1.72. The number of nitrogens with two attached hydrogens (primary N) is 1. The molecule has 2 rings (SSSR count). The number of carbonyl (C=O) groups is 2. The van der Waals surface area contributed by atoms with Gasteiger partial charge in [0.25, 0.3) is 11.8 Å². The molecule has 8 nitrogen and oxygen atoms in total. The van der Waals surface area contributed by atoms with E-state index in [1.807, 2.05) is 6.07 Å². The second-order valence-electron chi connectivity index (χ2n) is 5.27. The largest absolute Gasteiger partial charge is 0.397 e. The number of aryl methyl sites for hydroxylation is 1. The zero-order chi connectivity index (χ0) is 17.0. The molecular weight excluding hydrogens is 296 g/mol. The van der Waals surface area contributed by atoms with Gasteiger partial charge in [-0.25, -0.2) is 0 Å². The lowest BCUT2D eigenvalue weighted by Gasteiger charge is -2.04. The number of carbonyl (C=O) groups excluding carboxylic acids is 2. The van der Waals surface area contributed by atoms with E-state index in [1.54, 1.807) is 30.8 Å². The molecular formula is C15H18N6O2. The monoisotopic (exact) mass is 314 g/mol. The molecule has 120 valence electrons. The minimum atomic E-state index is -0.337. The Hall–Kier alpha value is -3.21. The molecule has 0 saturated carbocycles. The van der Waals surface area contributed by atoms with E-state index < -0.39 is 0 Å². The normalized spacial score (nSPS) is 11.5. The lowest BCUT2D eigenvalue weighted by atomic mass is 10.2. The smallest absolute Gasteiger partial charge is 0.272 e. The molecule has 2 aromatic rings. The average molecular weight is 314 g/mol. The van der Waals surface area contributed by atoms with Crippen molar-refractivity contribution in [1.29, 1.82) is 5.26 Å². The van der Waals surface area contributed by atoms with E-state index in [4.69, 9.17) is 11.0 Å². The van der Waals surface area contributed by atoms with Gasteiger partial charge in [0.2, 0.25) is 0 Å². The Kier molecular flexibility index (Phi) is 4.71. The van der Waals surface area contributed by atoms with Gasteiger partial charge in [-0.05, 0) is 19.1 Å². The molecule has 0 saturated heterocycles. The Labute approximate surface area is 133 Å². The standard InChI is InChI=1S/C15H18N6O2/c1-9(5-16)6-19-14(22)12-4-11(7-18-12)20-15(23)13-3-10(17)8-21(13)2/h3-4,7-9,18H,6,17H2,1-2H3,(H,19,22)(H,20,23). The molecule has 0 fully saturated rings. The third-order valence-electron chi connectivity index (χ3n) is 3.23. The fraction of sp³-hybridized carbons (Fsp3) is 0.267. The number of aromatic amines is 1. The van der Waals surface area contributed by atoms with E-state index in [2.05, 4.69) is 15.6 Å². The minimum absolute atomic E-state index is 0.263. The molecule has 5 N–H and O–H groups in total. The van der Waals surface area contributed by atoms with Gasteiger partial charge in [-0.3, -0.25) is 9.59 Å². The van der Waals surface area contributed by atoms with E-state index in [0.29, 0.717) is 22.8 Å². The first-order chi connectivity index (χ1) is 10.9. The lowest BCUT2D eigenvalue weighted by Crippen LogP contribution is -2.27. The third-order valence-corrected chi connectivity index (χ3v) is 3.23. The highest BCUT2D eigenvalue weighted by Gasteiger charge is 2.14. The van der Waals surface area contributed by atoms with Gasteiger partial charge in [0, 0.05) is 26.0 Å². The first kappa shape index (κ1) is 16.2. The number of nitriles is 1. The van der Waals surface area contributed by atoms with Crippen LogP contribution in [0.4, 0.5) is 11.4 Å². The SMILES string of the molecule is CC(C#N)CNC(=O)c1cc(NC(=O)c2cc(N)cn2C)c[nH]1. The minimum Gasteiger partial charge on any atom is -0.397 e. The summed E-state index contributed by atoms with van der Waals surface area (Å²) in [6, 6.07) is 5.13. The maximum absolute atomic E-state index is 12.1. The van der Waals surface area contributed by atoms with E-state index in [9.17, 15) is 9.59 Å². The highest BCUT2D eigenvalue weighted by atomic mass is 16.2. The molecule has 1 atom stereocenters. The van der Waals surface area contributed by atoms with Crippen LogP contribution < -0.4 is 16.4 Å². The number of H-pyrrole nitrogens is 1. The number of rotatable bonds is 5. The van der Waals surface area contributed by atoms with Crippen LogP contribution in [0.1, 0.15) is 27.9 Å². The van der Waals surface area contributed by atoms with Crippen molar-refractivity contribution in [3.8, 4) is 6.07 Å². The fourth-order valence-corrected chi connectivity index (χ4v) is 2.00. The number of aromatic nitrogens is 2. The van der Waals surface area contributed by atoms with Crippen molar-refractivity contribution in [3.05, 3.63) is 35.9 Å². The van der Waals surface area contributed by atoms with Crippen LogP contribution in [-0.2, 0) is 7.05 Å². The van der Waals surface area contributed by atoms with Crippen molar-refractivity contribution in [1.82, 2.24) is 14.9 Å². The number of nitrogen functional groups attached to an aromatic ring is 1. The summed E-state index contributed by atoms with van der Waals surface area (Å²) in [5.74, 6) is -0.931. The summed E-state index contributed by atoms with van der Waals surface area (Å²) in [5.41, 5.74) is 7.32. The third kappa shape index (κ3) is 3.91. The molecule has 2 heterocycles. The lowest BCUT2D eigenvalue weighted by molar-refractivity contribution is 0.0945. The maximum atomic E-state index is 12.1. The molecule has 0 aromatic carbocycles. The average Bonchev–Trinajstić information content (AvgIpc) is 3.10. The molecule has 1 unspecified atom stereocenters. The summed E-state index contributed by atoms with van der Waals surface area (Å²) >= 11 is 0. The summed E-state index contributed by atoms with van der Waals surface area (Å²) in [4.78, 5) is 26.8. The zero-order valence-corrected chi connectivity index (χ0v) is 12.9. The molecule has 0 spiro atoms. The van der Waals surface area contributed by atoms with Crippen LogP contribution in [0.5, 0.6) is 0 Å². The Morgan fingerprint density at radius 2 is 2.17 bits per heavy atom. The van der Waals surface area contributed by atoms with E-state index in [1.165, 1.54) is 12.3 Å². The molecule has 8 heteroatoms. The van der Waals surface area contributed by atoms with Crippen LogP contribution in [0.3, 0.4) is 0 Å². The first-order valence-electron chi connectivity index (χ1n) is 7.00. The second-order valence-corrected chi connectivity index (χ2v) is 5.27. The molecule has 0 bridgehead atoms. The topological polar surface area (TPSA) is 129 Å². The van der Waals surface area contributed by atoms with Crippen LogP contribution in [0.25, 0.3) is 0 Å². The fourth-order valence-electron chi connectivity index (χ4n) is 2.00. The maximum Gasteiger partial charge on any atom is 0.272 e. The molecule has 2 amide bonds. The van der Waals surface area contributed by atoms with E-state index >= 15 is 0 Å². The number of amides is 2. The highest BCUT2D eigenvalue weighted by molar-refractivity contribution is 6.04. The van der Waals surface area contributed by atoms with Crippen LogP contribution in [0, 0.1) is 17.2 Å². The van der Waals surface area contributed by atoms with E-state index in [-0.39, 0.29) is 24.3 Å². The summed E-state index contributed by atoms with van der Waals surface area (Å²) in [6.45, 7) is 1.98. The van der Waals surface area contributed by atoms with Crippen molar-refractivity contribution >= 4 is 23.2 Å². The van der Waals surface area contributed by atoms with Crippen LogP contribution >= 0.6 is 0 Å². The molecule has 0 aliphatic heterocycles. The summed E-state index contributed by atoms with van der Waals surface area (Å²) in [6.07, 6.45) is 3.16. The van der Waals surface area contributed by atoms with Crippen molar-refractivity contribution in [2.24, 2.45) is 13.0 Å². The van der Waals surface area contributed by atoms with E-state index in [0.717, 1.165) is 0 Å². The molecule has 0 aliphatic carbocycles. The molecule has 2 aromatic heterocycles. The van der Waals surface area contributed by atoms with Gasteiger partial charge in [-0.2, -0.15) is 5.26 Å². The van der Waals surface area contributed by atoms with Crippen LogP contribution in [0.15, 0.2) is 24.5 Å². The number of hydrogen-bond acceptors (Lipinski definition) is 4. The van der Waals surface area contributed by atoms with Crippen molar-refractivity contribution < 1.29 is 9.59 Å². The van der Waals surface area contributed by atoms with Gasteiger partial charge in [-0.15, -0.1) is 0 Å². The quantitative estimate of drug-likeness (QED) is 0.658. The number of nitrogens with zero attached hydrogens (tertiary/aromatic N) is 2. The van der Waals surface area contributed by atoms with Crippen molar-refractivity contribution in [2.45, 2.75) is 6.92 Å². The molecule has 0 radical (unpaired) electrons. The van der Waals surface area contributed by atoms with Crippen molar-refractivity contribution in [2.75, 3.05) is 17.6 Å². The number of hydrogen-bond donors (Lipinski definition) is 4. The van der Waals surface area contributed by atoms with Gasteiger partial charge < -0.3 is 25.9 Å². The van der Waals surface area contributed by atoms with Gasteiger partial charge >= 0.3 is 0 Å². The summed E-state index contributed by atoms with van der Waals surface area (Å²) < 4.78 is 1.62. The molecule has 0 aliphatic rings. The van der Waals surface area contributed by atoms with Crippen LogP contribution in [0.2, 0.25) is 0 Å². The van der Waals surface area contributed by atoms with Gasteiger partial charge in [-0.1, -0.05) is 0 Å². The zero-order valence-electron chi connectivity index (χ0n) is 12.9. The highest BCUT2D eigenvalue weighted by Crippen LogP contribution is 2.14. The Morgan fingerprint density at radius 3 is 2.78 bits per heavy atom.